The van der Waals surface area contributed by atoms with Crippen LogP contribution in [0.5, 0.6) is 5.75 Å². The van der Waals surface area contributed by atoms with E-state index in [1.165, 1.54) is 16.7 Å². The number of aliphatic hydroxyl groups excluding tert-OH is 1. The standard InChI is InChI=1S/C25H30O2/c1-7-21(26)19-14-20-23(25(5,6)13-12-24(20,3)4)22(15-19)27-16-18-10-8-17(2)9-11-18/h1,8-11,14-15,21,26H,12-13,16H2,2-6H3. The molecule has 1 aliphatic carbocycles. The van der Waals surface area contributed by atoms with Gasteiger partial charge in [0.15, 0.2) is 0 Å². The quantitative estimate of drug-likeness (QED) is 0.719. The maximum absolute atomic E-state index is 10.3. The van der Waals surface area contributed by atoms with Crippen LogP contribution in [0.15, 0.2) is 36.4 Å². The van der Waals surface area contributed by atoms with Gasteiger partial charge in [-0.25, -0.2) is 0 Å². The van der Waals surface area contributed by atoms with E-state index >= 15 is 0 Å². The normalized spacial score (nSPS) is 18.3. The Morgan fingerprint density at radius 2 is 1.70 bits per heavy atom. The summed E-state index contributed by atoms with van der Waals surface area (Å²) in [7, 11) is 0. The van der Waals surface area contributed by atoms with Crippen LogP contribution in [0.25, 0.3) is 0 Å². The molecule has 2 heteroatoms. The number of terminal acetylenes is 1. The molecule has 1 aliphatic rings. The molecular formula is C25H30O2. The summed E-state index contributed by atoms with van der Waals surface area (Å²) in [5, 5.41) is 10.3. The fraction of sp³-hybridized carbons (Fsp3) is 0.440. The van der Waals surface area contributed by atoms with Gasteiger partial charge in [-0.05, 0) is 53.4 Å². The third-order valence-corrected chi connectivity index (χ3v) is 5.89. The molecule has 2 aromatic carbocycles. The van der Waals surface area contributed by atoms with Gasteiger partial charge in [0.1, 0.15) is 18.5 Å². The fourth-order valence-electron chi connectivity index (χ4n) is 3.97. The largest absolute Gasteiger partial charge is 0.489 e. The van der Waals surface area contributed by atoms with Crippen LogP contribution in [0, 0.1) is 19.3 Å². The highest BCUT2D eigenvalue weighted by Crippen LogP contribution is 2.50. The number of ether oxygens (including phenoxy) is 1. The first kappa shape index (κ1) is 19.5. The third-order valence-electron chi connectivity index (χ3n) is 5.89. The second-order valence-electron chi connectivity index (χ2n) is 9.05. The Morgan fingerprint density at radius 3 is 2.33 bits per heavy atom. The molecule has 142 valence electrons. The van der Waals surface area contributed by atoms with Crippen LogP contribution in [-0.4, -0.2) is 5.11 Å². The average molecular weight is 363 g/mol. The number of hydrogen-bond acceptors (Lipinski definition) is 2. The monoisotopic (exact) mass is 362 g/mol. The molecule has 1 atom stereocenters. The summed E-state index contributed by atoms with van der Waals surface area (Å²) in [6.07, 6.45) is 6.77. The predicted octanol–water partition coefficient (Wildman–Crippen LogP) is 5.59. The molecule has 0 heterocycles. The van der Waals surface area contributed by atoms with Crippen LogP contribution in [0.1, 0.15) is 74.5 Å². The molecular weight excluding hydrogens is 332 g/mol. The number of aliphatic hydroxyl groups is 1. The van der Waals surface area contributed by atoms with E-state index in [4.69, 9.17) is 11.2 Å². The lowest BCUT2D eigenvalue weighted by Crippen LogP contribution is -2.34. The Balaban J connectivity index is 2.07. The number of hydrogen-bond donors (Lipinski definition) is 1. The van der Waals surface area contributed by atoms with Crippen molar-refractivity contribution in [1.82, 2.24) is 0 Å². The summed E-state index contributed by atoms with van der Waals surface area (Å²) >= 11 is 0. The van der Waals surface area contributed by atoms with E-state index in [0.29, 0.717) is 6.61 Å². The van der Waals surface area contributed by atoms with Crippen molar-refractivity contribution in [3.8, 4) is 18.1 Å². The number of benzene rings is 2. The zero-order chi connectivity index (χ0) is 19.8. The molecule has 0 saturated heterocycles. The Labute approximate surface area is 163 Å². The Bertz CT molecular complexity index is 866. The minimum atomic E-state index is -0.919. The number of rotatable bonds is 4. The Kier molecular flexibility index (Phi) is 5.10. The van der Waals surface area contributed by atoms with Crippen molar-refractivity contribution in [1.29, 1.82) is 0 Å². The van der Waals surface area contributed by atoms with Gasteiger partial charge in [-0.15, -0.1) is 6.42 Å². The summed E-state index contributed by atoms with van der Waals surface area (Å²) < 4.78 is 6.31. The lowest BCUT2D eigenvalue weighted by Gasteiger charge is -2.43. The smallest absolute Gasteiger partial charge is 0.140 e. The van der Waals surface area contributed by atoms with Crippen molar-refractivity contribution in [2.24, 2.45) is 0 Å². The van der Waals surface area contributed by atoms with E-state index in [-0.39, 0.29) is 10.8 Å². The van der Waals surface area contributed by atoms with Gasteiger partial charge in [-0.2, -0.15) is 0 Å². The van der Waals surface area contributed by atoms with Crippen LogP contribution in [0.3, 0.4) is 0 Å². The van der Waals surface area contributed by atoms with Crippen LogP contribution >= 0.6 is 0 Å². The molecule has 0 radical (unpaired) electrons. The van der Waals surface area contributed by atoms with E-state index in [9.17, 15) is 5.11 Å². The summed E-state index contributed by atoms with van der Waals surface area (Å²) in [6, 6.07) is 12.4. The predicted molar refractivity (Wildman–Crippen MR) is 111 cm³/mol. The first-order chi connectivity index (χ1) is 12.6. The molecule has 1 N–H and O–H groups in total. The maximum atomic E-state index is 10.3. The van der Waals surface area contributed by atoms with Gasteiger partial charge in [0.25, 0.3) is 0 Å². The third kappa shape index (κ3) is 3.89. The van der Waals surface area contributed by atoms with Gasteiger partial charge in [0.2, 0.25) is 0 Å². The summed E-state index contributed by atoms with van der Waals surface area (Å²) in [4.78, 5) is 0. The molecule has 2 aromatic rings. The molecule has 3 rings (SSSR count). The summed E-state index contributed by atoms with van der Waals surface area (Å²) in [5.41, 5.74) is 5.64. The first-order valence-corrected chi connectivity index (χ1v) is 9.65. The van der Waals surface area contributed by atoms with Crippen LogP contribution < -0.4 is 4.74 Å². The maximum Gasteiger partial charge on any atom is 0.140 e. The van der Waals surface area contributed by atoms with Crippen molar-refractivity contribution < 1.29 is 9.84 Å². The van der Waals surface area contributed by atoms with Gasteiger partial charge < -0.3 is 9.84 Å². The van der Waals surface area contributed by atoms with E-state index in [0.717, 1.165) is 29.7 Å². The van der Waals surface area contributed by atoms with Gasteiger partial charge in [0.05, 0.1) is 0 Å². The van der Waals surface area contributed by atoms with Crippen molar-refractivity contribution in [3.63, 3.8) is 0 Å². The Morgan fingerprint density at radius 1 is 1.07 bits per heavy atom. The highest BCUT2D eigenvalue weighted by Gasteiger charge is 2.40. The van der Waals surface area contributed by atoms with Crippen molar-refractivity contribution in [3.05, 3.63) is 64.2 Å². The molecule has 27 heavy (non-hydrogen) atoms. The van der Waals surface area contributed by atoms with Crippen molar-refractivity contribution in [2.75, 3.05) is 0 Å². The van der Waals surface area contributed by atoms with Crippen LogP contribution in [-0.2, 0) is 17.4 Å². The minimum Gasteiger partial charge on any atom is -0.489 e. The zero-order valence-corrected chi connectivity index (χ0v) is 17.1. The summed E-state index contributed by atoms with van der Waals surface area (Å²) in [5.74, 6) is 3.29. The van der Waals surface area contributed by atoms with E-state index in [1.807, 2.05) is 6.07 Å². The molecule has 0 saturated carbocycles. The second-order valence-corrected chi connectivity index (χ2v) is 9.05. The molecule has 2 nitrogen and oxygen atoms in total. The van der Waals surface area contributed by atoms with Gasteiger partial charge in [-0.1, -0.05) is 69.5 Å². The SMILES string of the molecule is C#CC(O)c1cc(OCc2ccc(C)cc2)c2c(c1)C(C)(C)CCC2(C)C. The van der Waals surface area contributed by atoms with E-state index < -0.39 is 6.10 Å². The average Bonchev–Trinajstić information content (AvgIpc) is 2.63. The van der Waals surface area contributed by atoms with E-state index in [1.54, 1.807) is 0 Å². The van der Waals surface area contributed by atoms with Gasteiger partial charge in [0, 0.05) is 5.56 Å². The number of fused-ring (bicyclic) bond motifs is 1. The molecule has 0 bridgehead atoms. The lowest BCUT2D eigenvalue weighted by molar-refractivity contribution is 0.234. The van der Waals surface area contributed by atoms with Crippen molar-refractivity contribution >= 4 is 0 Å². The van der Waals surface area contributed by atoms with Crippen molar-refractivity contribution in [2.45, 2.75) is 71.0 Å². The summed E-state index contributed by atoms with van der Waals surface area (Å²) in [6.45, 7) is 11.6. The number of aryl methyl sites for hydroxylation is 1. The van der Waals surface area contributed by atoms with Gasteiger partial charge >= 0.3 is 0 Å². The van der Waals surface area contributed by atoms with Gasteiger partial charge in [-0.3, -0.25) is 0 Å². The molecule has 0 aromatic heterocycles. The minimum absolute atomic E-state index is 0.0209. The second kappa shape index (κ2) is 7.06. The lowest BCUT2D eigenvalue weighted by atomic mass is 9.62. The molecule has 1 unspecified atom stereocenters. The molecule has 0 fully saturated rings. The molecule has 0 spiro atoms. The van der Waals surface area contributed by atoms with Crippen LogP contribution in [0.2, 0.25) is 0 Å². The fourth-order valence-corrected chi connectivity index (χ4v) is 3.97. The highest BCUT2D eigenvalue weighted by atomic mass is 16.5. The first-order valence-electron chi connectivity index (χ1n) is 9.65. The van der Waals surface area contributed by atoms with Crippen LogP contribution in [0.4, 0.5) is 0 Å². The highest BCUT2D eigenvalue weighted by molar-refractivity contribution is 5.53. The topological polar surface area (TPSA) is 29.5 Å². The van der Waals surface area contributed by atoms with E-state index in [2.05, 4.69) is 70.9 Å². The molecule has 0 amide bonds. The Hall–Kier alpha value is -2.24. The molecule has 0 aliphatic heterocycles. The zero-order valence-electron chi connectivity index (χ0n) is 17.1.